The van der Waals surface area contributed by atoms with E-state index in [1.807, 2.05) is 24.3 Å². The molecule has 0 atom stereocenters. The minimum atomic E-state index is 0. The third-order valence-electron chi connectivity index (χ3n) is 4.07. The molecule has 0 aliphatic carbocycles. The Morgan fingerprint density at radius 1 is 1.29 bits per heavy atom. The topological polar surface area (TPSA) is 66.1 Å². The van der Waals surface area contributed by atoms with Crippen LogP contribution in [0.3, 0.4) is 0 Å². The molecule has 1 aliphatic heterocycles. The first kappa shape index (κ1) is 21.0. The number of nitrogens with two attached hydrogens (primary N) is 1. The standard InChI is InChI=1S/C17H29N5O.HI/c1-21-9-5-11-22(13-12-21)10-4-8-19-17(18)20-15-6-3-7-16(14-15)23-2;/h3,6-7,14H,4-5,8-13H2,1-2H3,(H3,18,19,20);1H. The Bertz CT molecular complexity index is 512. The summed E-state index contributed by atoms with van der Waals surface area (Å²) < 4.78 is 5.19. The zero-order valence-corrected chi connectivity index (χ0v) is 17.0. The van der Waals surface area contributed by atoms with Crippen LogP contribution in [0.1, 0.15) is 12.8 Å². The van der Waals surface area contributed by atoms with Gasteiger partial charge in [0, 0.05) is 31.4 Å². The van der Waals surface area contributed by atoms with E-state index < -0.39 is 0 Å². The summed E-state index contributed by atoms with van der Waals surface area (Å²) >= 11 is 0. The van der Waals surface area contributed by atoms with Crippen molar-refractivity contribution in [2.75, 3.05) is 58.7 Å². The monoisotopic (exact) mass is 447 g/mol. The molecule has 1 aromatic rings. The molecular weight excluding hydrogens is 417 g/mol. The van der Waals surface area contributed by atoms with Crippen molar-refractivity contribution in [2.24, 2.45) is 10.7 Å². The SMILES string of the molecule is COc1cccc(NC(N)=NCCCN2CCCN(C)CC2)c1.I. The van der Waals surface area contributed by atoms with Crippen molar-refractivity contribution in [3.63, 3.8) is 0 Å². The van der Waals surface area contributed by atoms with Gasteiger partial charge in [0.05, 0.1) is 7.11 Å². The molecular formula is C17H30IN5O. The molecule has 1 fully saturated rings. The van der Waals surface area contributed by atoms with E-state index in [9.17, 15) is 0 Å². The van der Waals surface area contributed by atoms with Crippen molar-refractivity contribution in [1.82, 2.24) is 9.80 Å². The molecule has 0 spiro atoms. The Hall–Kier alpha value is -1.06. The molecule has 0 radical (unpaired) electrons. The summed E-state index contributed by atoms with van der Waals surface area (Å²) in [5.41, 5.74) is 6.83. The first-order valence-corrected chi connectivity index (χ1v) is 8.29. The second-order valence-electron chi connectivity index (χ2n) is 5.98. The number of anilines is 1. The van der Waals surface area contributed by atoms with Crippen LogP contribution < -0.4 is 15.8 Å². The molecule has 1 aliphatic rings. The maximum Gasteiger partial charge on any atom is 0.193 e. The number of guanidine groups is 1. The second-order valence-corrected chi connectivity index (χ2v) is 5.98. The van der Waals surface area contributed by atoms with Crippen molar-refractivity contribution in [3.8, 4) is 5.75 Å². The van der Waals surface area contributed by atoms with Crippen LogP contribution in [0.25, 0.3) is 0 Å². The van der Waals surface area contributed by atoms with Gasteiger partial charge in [-0.05, 0) is 51.7 Å². The smallest absolute Gasteiger partial charge is 0.193 e. The lowest BCUT2D eigenvalue weighted by Crippen LogP contribution is -2.30. The van der Waals surface area contributed by atoms with Crippen LogP contribution in [0.5, 0.6) is 5.75 Å². The predicted octanol–water partition coefficient (Wildman–Crippen LogP) is 2.07. The average Bonchev–Trinajstić information content (AvgIpc) is 2.76. The van der Waals surface area contributed by atoms with Crippen LogP contribution in [-0.4, -0.2) is 69.2 Å². The summed E-state index contributed by atoms with van der Waals surface area (Å²) in [7, 11) is 3.84. The number of nitrogens with zero attached hydrogens (tertiary/aromatic N) is 3. The predicted molar refractivity (Wildman–Crippen MR) is 112 cm³/mol. The fraction of sp³-hybridized carbons (Fsp3) is 0.588. The van der Waals surface area contributed by atoms with Crippen molar-refractivity contribution in [1.29, 1.82) is 0 Å². The highest BCUT2D eigenvalue weighted by molar-refractivity contribution is 14.0. The summed E-state index contributed by atoms with van der Waals surface area (Å²) in [6.07, 6.45) is 2.28. The first-order valence-electron chi connectivity index (χ1n) is 8.29. The number of likely N-dealkylation sites (N-methyl/N-ethyl adjacent to an activating group) is 1. The van der Waals surface area contributed by atoms with Crippen molar-refractivity contribution >= 4 is 35.6 Å². The van der Waals surface area contributed by atoms with E-state index in [0.717, 1.165) is 44.0 Å². The lowest BCUT2D eigenvalue weighted by molar-refractivity contribution is 0.275. The zero-order chi connectivity index (χ0) is 16.5. The Labute approximate surface area is 162 Å². The normalized spacial score (nSPS) is 17.0. The van der Waals surface area contributed by atoms with Crippen LogP contribution in [0.4, 0.5) is 5.69 Å². The van der Waals surface area contributed by atoms with Crippen molar-refractivity contribution < 1.29 is 4.74 Å². The van der Waals surface area contributed by atoms with Gasteiger partial charge in [0.15, 0.2) is 5.96 Å². The third-order valence-corrected chi connectivity index (χ3v) is 4.07. The Balaban J connectivity index is 0.00000288. The number of benzene rings is 1. The van der Waals surface area contributed by atoms with E-state index in [2.05, 4.69) is 27.2 Å². The molecule has 136 valence electrons. The largest absolute Gasteiger partial charge is 0.497 e. The maximum atomic E-state index is 5.94. The molecule has 1 saturated heterocycles. The molecule has 7 heteroatoms. The van der Waals surface area contributed by atoms with Crippen molar-refractivity contribution in [3.05, 3.63) is 24.3 Å². The van der Waals surface area contributed by atoms with Gasteiger partial charge >= 0.3 is 0 Å². The van der Waals surface area contributed by atoms with Gasteiger partial charge in [0.2, 0.25) is 0 Å². The first-order chi connectivity index (χ1) is 11.2. The summed E-state index contributed by atoms with van der Waals surface area (Å²) in [4.78, 5) is 9.32. The molecule has 3 N–H and O–H groups in total. The number of rotatable bonds is 6. The van der Waals surface area contributed by atoms with Gasteiger partial charge in [0.1, 0.15) is 5.75 Å². The van der Waals surface area contributed by atoms with Gasteiger partial charge in [-0.15, -0.1) is 24.0 Å². The maximum absolute atomic E-state index is 5.94. The van der Waals surface area contributed by atoms with Gasteiger partial charge < -0.3 is 25.6 Å². The van der Waals surface area contributed by atoms with E-state index in [4.69, 9.17) is 10.5 Å². The zero-order valence-electron chi connectivity index (χ0n) is 14.7. The fourth-order valence-corrected chi connectivity index (χ4v) is 2.71. The summed E-state index contributed by atoms with van der Waals surface area (Å²) in [6.45, 7) is 6.52. The van der Waals surface area contributed by atoms with Gasteiger partial charge in [-0.1, -0.05) is 6.07 Å². The number of aliphatic imine (C=N–C) groups is 1. The van der Waals surface area contributed by atoms with E-state index in [1.165, 1.54) is 19.5 Å². The highest BCUT2D eigenvalue weighted by atomic mass is 127. The molecule has 0 saturated carbocycles. The van der Waals surface area contributed by atoms with Gasteiger partial charge in [0.25, 0.3) is 0 Å². The van der Waals surface area contributed by atoms with Gasteiger partial charge in [-0.3, -0.25) is 4.99 Å². The lowest BCUT2D eigenvalue weighted by Gasteiger charge is -2.19. The Kier molecular flexibility index (Phi) is 10.0. The number of nitrogens with one attached hydrogen (secondary N) is 1. The number of hydrogen-bond acceptors (Lipinski definition) is 4. The third kappa shape index (κ3) is 7.67. The van der Waals surface area contributed by atoms with Gasteiger partial charge in [-0.25, -0.2) is 0 Å². The van der Waals surface area contributed by atoms with Crippen LogP contribution in [-0.2, 0) is 0 Å². The molecule has 6 nitrogen and oxygen atoms in total. The van der Waals surface area contributed by atoms with Crippen LogP contribution in [0.15, 0.2) is 29.3 Å². The molecule has 0 aromatic heterocycles. The average molecular weight is 447 g/mol. The van der Waals surface area contributed by atoms with E-state index in [-0.39, 0.29) is 24.0 Å². The quantitative estimate of drug-likeness (QED) is 0.303. The van der Waals surface area contributed by atoms with E-state index >= 15 is 0 Å². The summed E-state index contributed by atoms with van der Waals surface area (Å²) in [5, 5.41) is 3.10. The number of ether oxygens (including phenoxy) is 1. The second kappa shape index (κ2) is 11.5. The van der Waals surface area contributed by atoms with Crippen LogP contribution >= 0.6 is 24.0 Å². The number of hydrogen-bond donors (Lipinski definition) is 2. The van der Waals surface area contributed by atoms with Gasteiger partial charge in [-0.2, -0.15) is 0 Å². The van der Waals surface area contributed by atoms with E-state index in [0.29, 0.717) is 5.96 Å². The fourth-order valence-electron chi connectivity index (χ4n) is 2.71. The van der Waals surface area contributed by atoms with Crippen LogP contribution in [0, 0.1) is 0 Å². The highest BCUT2D eigenvalue weighted by Gasteiger charge is 2.10. The van der Waals surface area contributed by atoms with E-state index in [1.54, 1.807) is 7.11 Å². The molecule has 2 rings (SSSR count). The van der Waals surface area contributed by atoms with Crippen molar-refractivity contribution in [2.45, 2.75) is 12.8 Å². The van der Waals surface area contributed by atoms with Crippen LogP contribution in [0.2, 0.25) is 0 Å². The summed E-state index contributed by atoms with van der Waals surface area (Å²) in [6, 6.07) is 7.66. The Morgan fingerprint density at radius 2 is 2.12 bits per heavy atom. The highest BCUT2D eigenvalue weighted by Crippen LogP contribution is 2.16. The molecule has 1 aromatic carbocycles. The number of methoxy groups -OCH3 is 1. The number of halogens is 1. The Morgan fingerprint density at radius 3 is 2.92 bits per heavy atom. The molecule has 24 heavy (non-hydrogen) atoms. The molecule has 1 heterocycles. The summed E-state index contributed by atoms with van der Waals surface area (Å²) in [5.74, 6) is 1.25. The molecule has 0 unspecified atom stereocenters. The molecule has 0 amide bonds. The molecule has 0 bridgehead atoms. The lowest BCUT2D eigenvalue weighted by atomic mass is 10.3. The minimum absolute atomic E-state index is 0. The minimum Gasteiger partial charge on any atom is -0.497 e.